The molecule has 1 aliphatic heterocycles. The Morgan fingerprint density at radius 1 is 1.11 bits per heavy atom. The van der Waals surface area contributed by atoms with Gasteiger partial charge in [-0.3, -0.25) is 9.69 Å². The number of hydrogen-bond acceptors (Lipinski definition) is 4. The lowest BCUT2D eigenvalue weighted by molar-refractivity contribution is -0.127. The molecule has 1 aliphatic rings. The van der Waals surface area contributed by atoms with Crippen LogP contribution in [0.1, 0.15) is 59.1 Å². The van der Waals surface area contributed by atoms with Crippen molar-refractivity contribution in [1.82, 2.24) is 15.1 Å². The summed E-state index contributed by atoms with van der Waals surface area (Å²) in [7, 11) is 0. The van der Waals surface area contributed by atoms with E-state index in [4.69, 9.17) is 4.74 Å². The Bertz CT molecular complexity index is 634. The van der Waals surface area contributed by atoms with Gasteiger partial charge in [-0.1, -0.05) is 43.7 Å². The average Bonchev–Trinajstić information content (AvgIpc) is 2.66. The maximum absolute atomic E-state index is 12.8. The van der Waals surface area contributed by atoms with E-state index in [1.807, 2.05) is 45.9 Å². The average molecular weight is 390 g/mol. The number of benzene rings is 1. The highest BCUT2D eigenvalue weighted by Gasteiger charge is 2.30. The molecule has 1 N–H and O–H groups in total. The van der Waals surface area contributed by atoms with E-state index in [0.29, 0.717) is 26.2 Å². The third kappa shape index (κ3) is 6.51. The van der Waals surface area contributed by atoms with E-state index in [9.17, 15) is 9.59 Å². The largest absolute Gasteiger partial charge is 0.444 e. The number of rotatable bonds is 6. The molecule has 1 aromatic carbocycles. The first kappa shape index (κ1) is 22.2. The maximum atomic E-state index is 12.8. The van der Waals surface area contributed by atoms with Crippen LogP contribution in [-0.4, -0.2) is 59.6 Å². The van der Waals surface area contributed by atoms with Gasteiger partial charge in [0.15, 0.2) is 0 Å². The summed E-state index contributed by atoms with van der Waals surface area (Å²) in [5, 5.41) is 3.21. The molecule has 0 saturated carbocycles. The van der Waals surface area contributed by atoms with Gasteiger partial charge in [-0.2, -0.15) is 0 Å². The fourth-order valence-electron chi connectivity index (χ4n) is 3.37. The molecule has 0 spiro atoms. The third-order valence-electron chi connectivity index (χ3n) is 4.99. The standard InChI is InChI=1S/C22H35N3O3/c1-6-10-19(18-11-8-7-9-12-18)23-20(26)17(2)24-13-15-25(16-14-24)21(27)28-22(3,4)5/h7-9,11-12,17,19H,6,10,13-16H2,1-5H3,(H,23,26). The van der Waals surface area contributed by atoms with Crippen LogP contribution >= 0.6 is 0 Å². The van der Waals surface area contributed by atoms with Gasteiger partial charge in [-0.05, 0) is 39.7 Å². The number of carbonyl (C=O) groups is 2. The van der Waals surface area contributed by atoms with Crippen molar-refractivity contribution in [2.45, 2.75) is 65.1 Å². The number of ether oxygens (including phenoxy) is 1. The normalized spacial score (nSPS) is 17.7. The topological polar surface area (TPSA) is 61.9 Å². The highest BCUT2D eigenvalue weighted by Crippen LogP contribution is 2.19. The monoisotopic (exact) mass is 389 g/mol. The van der Waals surface area contributed by atoms with Crippen molar-refractivity contribution < 1.29 is 14.3 Å². The van der Waals surface area contributed by atoms with Crippen molar-refractivity contribution in [3.8, 4) is 0 Å². The molecule has 0 aliphatic carbocycles. The van der Waals surface area contributed by atoms with Gasteiger partial charge in [-0.15, -0.1) is 0 Å². The highest BCUT2D eigenvalue weighted by molar-refractivity contribution is 5.81. The molecule has 1 aromatic rings. The zero-order chi connectivity index (χ0) is 20.7. The molecule has 6 heteroatoms. The Balaban J connectivity index is 1.89. The van der Waals surface area contributed by atoms with Gasteiger partial charge in [0.2, 0.25) is 5.91 Å². The van der Waals surface area contributed by atoms with Crippen molar-refractivity contribution in [3.05, 3.63) is 35.9 Å². The van der Waals surface area contributed by atoms with E-state index >= 15 is 0 Å². The van der Waals surface area contributed by atoms with Crippen LogP contribution in [0.25, 0.3) is 0 Å². The first-order chi connectivity index (χ1) is 13.2. The van der Waals surface area contributed by atoms with E-state index in [1.54, 1.807) is 4.90 Å². The summed E-state index contributed by atoms with van der Waals surface area (Å²) in [6.45, 7) is 12.1. The Kier molecular flexibility index (Phi) is 7.87. The van der Waals surface area contributed by atoms with Gasteiger partial charge in [0.05, 0.1) is 12.1 Å². The van der Waals surface area contributed by atoms with E-state index in [1.165, 1.54) is 0 Å². The van der Waals surface area contributed by atoms with Crippen molar-refractivity contribution in [2.24, 2.45) is 0 Å². The van der Waals surface area contributed by atoms with Gasteiger partial charge in [0, 0.05) is 26.2 Å². The summed E-state index contributed by atoms with van der Waals surface area (Å²) in [4.78, 5) is 28.9. The van der Waals surface area contributed by atoms with Crippen LogP contribution in [0, 0.1) is 0 Å². The highest BCUT2D eigenvalue weighted by atomic mass is 16.6. The third-order valence-corrected chi connectivity index (χ3v) is 4.99. The second kappa shape index (κ2) is 9.92. The van der Waals surface area contributed by atoms with Gasteiger partial charge in [0.25, 0.3) is 0 Å². The predicted octanol–water partition coefficient (Wildman–Crippen LogP) is 3.59. The fraction of sp³-hybridized carbons (Fsp3) is 0.636. The van der Waals surface area contributed by atoms with Crippen LogP contribution in [0.5, 0.6) is 0 Å². The number of amides is 2. The van der Waals surface area contributed by atoms with Crippen molar-refractivity contribution in [3.63, 3.8) is 0 Å². The Hall–Kier alpha value is -2.08. The van der Waals surface area contributed by atoms with Gasteiger partial charge < -0.3 is 15.0 Å². The summed E-state index contributed by atoms with van der Waals surface area (Å²) in [5.74, 6) is 0.0352. The smallest absolute Gasteiger partial charge is 0.410 e. The Morgan fingerprint density at radius 3 is 2.25 bits per heavy atom. The molecular weight excluding hydrogens is 354 g/mol. The summed E-state index contributed by atoms with van der Waals surface area (Å²) in [5.41, 5.74) is 0.646. The maximum Gasteiger partial charge on any atom is 0.410 e. The second-order valence-electron chi connectivity index (χ2n) is 8.44. The molecule has 0 bridgehead atoms. The van der Waals surface area contributed by atoms with Crippen molar-refractivity contribution in [1.29, 1.82) is 0 Å². The number of nitrogens with one attached hydrogen (secondary N) is 1. The summed E-state index contributed by atoms with van der Waals surface area (Å²) >= 11 is 0. The first-order valence-electron chi connectivity index (χ1n) is 10.3. The molecule has 2 amide bonds. The van der Waals surface area contributed by atoms with Gasteiger partial charge in [0.1, 0.15) is 5.60 Å². The lowest BCUT2D eigenvalue weighted by atomic mass is 10.0. The van der Waals surface area contributed by atoms with E-state index in [2.05, 4.69) is 29.3 Å². The Morgan fingerprint density at radius 2 is 1.71 bits per heavy atom. The first-order valence-corrected chi connectivity index (χ1v) is 10.3. The second-order valence-corrected chi connectivity index (χ2v) is 8.44. The zero-order valence-corrected chi connectivity index (χ0v) is 17.9. The quantitative estimate of drug-likeness (QED) is 0.808. The van der Waals surface area contributed by atoms with Crippen molar-refractivity contribution in [2.75, 3.05) is 26.2 Å². The summed E-state index contributed by atoms with van der Waals surface area (Å²) < 4.78 is 5.44. The molecule has 156 valence electrons. The molecular formula is C22H35N3O3. The van der Waals surface area contributed by atoms with Crippen LogP contribution < -0.4 is 5.32 Å². The van der Waals surface area contributed by atoms with Crippen LogP contribution in [0.3, 0.4) is 0 Å². The number of carbonyl (C=O) groups excluding carboxylic acids is 2. The van der Waals surface area contributed by atoms with Crippen LogP contribution in [-0.2, 0) is 9.53 Å². The van der Waals surface area contributed by atoms with Crippen LogP contribution in [0.4, 0.5) is 4.79 Å². The molecule has 2 unspecified atom stereocenters. The molecule has 1 saturated heterocycles. The molecule has 1 fully saturated rings. The number of hydrogen-bond donors (Lipinski definition) is 1. The number of nitrogens with zero attached hydrogens (tertiary/aromatic N) is 2. The van der Waals surface area contributed by atoms with E-state index in [0.717, 1.165) is 18.4 Å². The van der Waals surface area contributed by atoms with Gasteiger partial charge >= 0.3 is 6.09 Å². The lowest BCUT2D eigenvalue weighted by Crippen LogP contribution is -2.55. The van der Waals surface area contributed by atoms with E-state index in [-0.39, 0.29) is 24.1 Å². The SMILES string of the molecule is CCCC(NC(=O)C(C)N1CCN(C(=O)OC(C)(C)C)CC1)c1ccccc1. The van der Waals surface area contributed by atoms with E-state index < -0.39 is 5.60 Å². The predicted molar refractivity (Wildman–Crippen MR) is 111 cm³/mol. The van der Waals surface area contributed by atoms with Crippen molar-refractivity contribution >= 4 is 12.0 Å². The minimum atomic E-state index is -0.493. The van der Waals surface area contributed by atoms with Crippen LogP contribution in [0.2, 0.25) is 0 Å². The molecule has 0 radical (unpaired) electrons. The zero-order valence-electron chi connectivity index (χ0n) is 17.9. The summed E-state index contributed by atoms with van der Waals surface area (Å²) in [6.07, 6.45) is 1.63. The fourth-order valence-corrected chi connectivity index (χ4v) is 3.37. The molecule has 2 atom stereocenters. The molecule has 6 nitrogen and oxygen atoms in total. The Labute approximate surface area is 169 Å². The summed E-state index contributed by atoms with van der Waals surface area (Å²) in [6, 6.07) is 9.91. The lowest BCUT2D eigenvalue weighted by Gasteiger charge is -2.38. The minimum absolute atomic E-state index is 0.0317. The van der Waals surface area contributed by atoms with Crippen LogP contribution in [0.15, 0.2) is 30.3 Å². The minimum Gasteiger partial charge on any atom is -0.444 e. The molecule has 28 heavy (non-hydrogen) atoms. The van der Waals surface area contributed by atoms with Gasteiger partial charge in [-0.25, -0.2) is 4.79 Å². The molecule has 1 heterocycles. The molecule has 0 aromatic heterocycles. The number of piperazine rings is 1. The molecule has 2 rings (SSSR count).